The van der Waals surface area contributed by atoms with Crippen LogP contribution in [0.1, 0.15) is 16.1 Å². The second-order valence-corrected chi connectivity index (χ2v) is 9.73. The number of hydrogen-bond donors (Lipinski definition) is 1. The molecule has 4 aliphatic rings. The van der Waals surface area contributed by atoms with Crippen LogP contribution in [0.25, 0.3) is 11.3 Å². The molecule has 4 fully saturated rings. The SMILES string of the molecule is Cn1c(C(=O)N[C@H]2C3CN4CCN(C3)CC2(c2ccccc2)C4)ccc1-c1ccccc1. The maximum Gasteiger partial charge on any atom is 0.268 e. The van der Waals surface area contributed by atoms with Crippen molar-refractivity contribution in [3.05, 3.63) is 84.1 Å². The number of benzene rings is 2. The number of nitrogens with one attached hydrogen (secondary N) is 1. The van der Waals surface area contributed by atoms with E-state index < -0.39 is 0 Å². The van der Waals surface area contributed by atoms with E-state index in [9.17, 15) is 4.79 Å². The molecule has 5 heterocycles. The van der Waals surface area contributed by atoms with Crippen molar-refractivity contribution in [1.29, 1.82) is 0 Å². The van der Waals surface area contributed by atoms with Crippen molar-refractivity contribution in [3.63, 3.8) is 0 Å². The molecule has 2 unspecified atom stereocenters. The van der Waals surface area contributed by atoms with Crippen molar-refractivity contribution in [3.8, 4) is 11.3 Å². The highest BCUT2D eigenvalue weighted by atomic mass is 16.2. The molecule has 7 rings (SSSR count). The van der Waals surface area contributed by atoms with Crippen LogP contribution >= 0.6 is 0 Å². The Balaban J connectivity index is 1.34. The van der Waals surface area contributed by atoms with Gasteiger partial charge in [0.1, 0.15) is 5.69 Å². The van der Waals surface area contributed by atoms with Gasteiger partial charge in [-0.1, -0.05) is 60.7 Å². The average Bonchev–Trinajstić information content (AvgIpc) is 3.03. The Kier molecular flexibility index (Phi) is 4.70. The summed E-state index contributed by atoms with van der Waals surface area (Å²) in [6, 6.07) is 25.3. The van der Waals surface area contributed by atoms with Crippen molar-refractivity contribution in [2.24, 2.45) is 13.0 Å². The molecule has 4 bridgehead atoms. The fourth-order valence-corrected chi connectivity index (χ4v) is 6.42. The monoisotopic (exact) mass is 426 g/mol. The van der Waals surface area contributed by atoms with Gasteiger partial charge in [-0.3, -0.25) is 4.79 Å². The summed E-state index contributed by atoms with van der Waals surface area (Å²) in [6.45, 7) is 6.42. The first kappa shape index (κ1) is 19.8. The molecule has 0 spiro atoms. The van der Waals surface area contributed by atoms with Gasteiger partial charge in [0, 0.05) is 69.4 Å². The van der Waals surface area contributed by atoms with Gasteiger partial charge >= 0.3 is 0 Å². The Bertz CT molecular complexity index is 1110. The molecule has 0 radical (unpaired) electrons. The van der Waals surface area contributed by atoms with Crippen molar-refractivity contribution < 1.29 is 4.79 Å². The largest absolute Gasteiger partial charge is 0.347 e. The normalized spacial score (nSPS) is 30.8. The Labute approximate surface area is 189 Å². The molecule has 1 N–H and O–H groups in total. The van der Waals surface area contributed by atoms with E-state index >= 15 is 0 Å². The van der Waals surface area contributed by atoms with Gasteiger partial charge in [0.15, 0.2) is 0 Å². The Morgan fingerprint density at radius 3 is 2.16 bits per heavy atom. The summed E-state index contributed by atoms with van der Waals surface area (Å²) in [5.41, 5.74) is 4.19. The van der Waals surface area contributed by atoms with E-state index in [2.05, 4.69) is 63.6 Å². The lowest BCUT2D eigenvalue weighted by Crippen LogP contribution is -2.70. The van der Waals surface area contributed by atoms with Gasteiger partial charge in [-0.25, -0.2) is 0 Å². The summed E-state index contributed by atoms with van der Waals surface area (Å²) in [6.07, 6.45) is 0. The summed E-state index contributed by atoms with van der Waals surface area (Å²) in [4.78, 5) is 18.8. The zero-order valence-electron chi connectivity index (χ0n) is 18.6. The Morgan fingerprint density at radius 1 is 0.875 bits per heavy atom. The van der Waals surface area contributed by atoms with Gasteiger partial charge < -0.3 is 19.7 Å². The van der Waals surface area contributed by atoms with Crippen molar-refractivity contribution in [2.75, 3.05) is 39.3 Å². The molecule has 4 saturated heterocycles. The first-order chi connectivity index (χ1) is 15.6. The van der Waals surface area contributed by atoms with Crippen LogP contribution in [0.15, 0.2) is 72.8 Å². The highest BCUT2D eigenvalue weighted by Crippen LogP contribution is 2.43. The molecule has 1 aromatic heterocycles. The molecule has 5 nitrogen and oxygen atoms in total. The number of hydrogen-bond acceptors (Lipinski definition) is 3. The molecule has 2 aromatic carbocycles. The van der Waals surface area contributed by atoms with E-state index in [-0.39, 0.29) is 17.4 Å². The van der Waals surface area contributed by atoms with Crippen LogP contribution in [-0.2, 0) is 12.5 Å². The van der Waals surface area contributed by atoms with Crippen LogP contribution < -0.4 is 5.32 Å². The highest BCUT2D eigenvalue weighted by molar-refractivity contribution is 5.94. The second kappa shape index (κ2) is 7.61. The summed E-state index contributed by atoms with van der Waals surface area (Å²) in [7, 11) is 1.99. The van der Waals surface area contributed by atoms with E-state index in [1.807, 2.05) is 35.9 Å². The van der Waals surface area contributed by atoms with Crippen LogP contribution in [0.3, 0.4) is 0 Å². The van der Waals surface area contributed by atoms with Crippen LogP contribution in [0.2, 0.25) is 0 Å². The van der Waals surface area contributed by atoms with Crippen LogP contribution in [-0.4, -0.2) is 65.6 Å². The van der Waals surface area contributed by atoms with E-state index in [4.69, 9.17) is 0 Å². The maximum absolute atomic E-state index is 13.6. The van der Waals surface area contributed by atoms with Gasteiger partial charge in [0.05, 0.1) is 0 Å². The molecule has 1 amide bonds. The predicted octanol–water partition coefficient (Wildman–Crippen LogP) is 2.99. The minimum absolute atomic E-state index is 0.0335. The average molecular weight is 427 g/mol. The van der Waals surface area contributed by atoms with Gasteiger partial charge in [0.2, 0.25) is 0 Å². The first-order valence-corrected chi connectivity index (χ1v) is 11.7. The van der Waals surface area contributed by atoms with Gasteiger partial charge in [0.25, 0.3) is 5.91 Å². The van der Waals surface area contributed by atoms with E-state index in [0.717, 1.165) is 56.2 Å². The number of carbonyl (C=O) groups is 1. The number of fused-ring (bicyclic) bond motifs is 1. The lowest BCUT2D eigenvalue weighted by atomic mass is 9.64. The van der Waals surface area contributed by atoms with Crippen LogP contribution in [0.5, 0.6) is 0 Å². The minimum atomic E-state index is -0.0674. The third-order valence-corrected chi connectivity index (χ3v) is 7.86. The molecule has 3 atom stereocenters. The molecule has 4 aliphatic heterocycles. The zero-order valence-corrected chi connectivity index (χ0v) is 18.6. The molecule has 3 aromatic rings. The number of amides is 1. The quantitative estimate of drug-likeness (QED) is 0.697. The number of carbonyl (C=O) groups excluding carboxylic acids is 1. The molecule has 5 heteroatoms. The van der Waals surface area contributed by atoms with E-state index in [1.165, 1.54) is 5.56 Å². The molecular weight excluding hydrogens is 396 g/mol. The highest BCUT2D eigenvalue weighted by Gasteiger charge is 2.55. The number of nitrogens with zero attached hydrogens (tertiary/aromatic N) is 3. The minimum Gasteiger partial charge on any atom is -0.347 e. The van der Waals surface area contributed by atoms with Crippen molar-refractivity contribution in [2.45, 2.75) is 11.5 Å². The Hall–Kier alpha value is -2.89. The smallest absolute Gasteiger partial charge is 0.268 e. The van der Waals surface area contributed by atoms with E-state index in [1.54, 1.807) is 0 Å². The summed E-state index contributed by atoms with van der Waals surface area (Å²) in [5, 5.41) is 3.54. The zero-order chi connectivity index (χ0) is 21.7. The number of aromatic nitrogens is 1. The predicted molar refractivity (Wildman–Crippen MR) is 127 cm³/mol. The summed E-state index contributed by atoms with van der Waals surface area (Å²) >= 11 is 0. The lowest BCUT2D eigenvalue weighted by Gasteiger charge is -2.55. The van der Waals surface area contributed by atoms with Crippen molar-refractivity contribution >= 4 is 5.91 Å². The molecular formula is C27H30N4O. The van der Waals surface area contributed by atoms with E-state index in [0.29, 0.717) is 5.92 Å². The molecule has 0 saturated carbocycles. The lowest BCUT2D eigenvalue weighted by molar-refractivity contribution is 0.0179. The maximum atomic E-state index is 13.6. The van der Waals surface area contributed by atoms with Gasteiger partial charge in [-0.05, 0) is 23.3 Å². The fourth-order valence-electron chi connectivity index (χ4n) is 6.42. The topological polar surface area (TPSA) is 40.5 Å². The van der Waals surface area contributed by atoms with Crippen LogP contribution in [0.4, 0.5) is 0 Å². The molecule has 0 aliphatic carbocycles. The summed E-state index contributed by atoms with van der Waals surface area (Å²) in [5.74, 6) is 0.476. The molecule has 164 valence electrons. The first-order valence-electron chi connectivity index (χ1n) is 11.7. The fraction of sp³-hybridized carbons (Fsp3) is 0.370. The third kappa shape index (κ3) is 3.11. The number of rotatable bonds is 4. The second-order valence-electron chi connectivity index (χ2n) is 9.73. The number of piperidine rings is 2. The Morgan fingerprint density at radius 2 is 1.50 bits per heavy atom. The van der Waals surface area contributed by atoms with Crippen molar-refractivity contribution in [1.82, 2.24) is 19.7 Å². The third-order valence-electron chi connectivity index (χ3n) is 7.86. The van der Waals surface area contributed by atoms with Gasteiger partial charge in [-0.15, -0.1) is 0 Å². The summed E-state index contributed by atoms with van der Waals surface area (Å²) < 4.78 is 2.02. The standard InChI is InChI=1S/C27H30N4O/c1-29-23(20-8-4-2-5-9-20)12-13-24(29)26(32)28-25-21-16-30-14-15-31(17-21)19-27(25,18-30)22-10-6-3-7-11-22/h2-13,21,25H,14-19H2,1H3,(H,28,32)/t21?,25-,27?/m0/s1. The van der Waals surface area contributed by atoms with Crippen LogP contribution in [0, 0.1) is 5.92 Å². The van der Waals surface area contributed by atoms with Gasteiger partial charge in [-0.2, -0.15) is 0 Å². The molecule has 32 heavy (non-hydrogen) atoms.